The zero-order valence-corrected chi connectivity index (χ0v) is 43.3. The molecule has 0 saturated heterocycles. The molecule has 4 saturated carbocycles. The van der Waals surface area contributed by atoms with Gasteiger partial charge in [-0.05, 0) is 153 Å². The first-order valence-corrected chi connectivity index (χ1v) is 27.5. The highest BCUT2D eigenvalue weighted by Crippen LogP contribution is 2.54. The van der Waals surface area contributed by atoms with Gasteiger partial charge in [0.25, 0.3) is 0 Å². The number of hydrogen-bond acceptors (Lipinski definition) is 7. The number of ketones is 1. The van der Waals surface area contributed by atoms with Crippen molar-refractivity contribution in [2.75, 3.05) is 0 Å². The molecule has 9 heteroatoms. The van der Waals surface area contributed by atoms with Crippen LogP contribution < -0.4 is 9.05 Å². The topological polar surface area (TPSA) is 72.5 Å². The van der Waals surface area contributed by atoms with Gasteiger partial charge in [0, 0.05) is 0 Å². The summed E-state index contributed by atoms with van der Waals surface area (Å²) in [5.41, 5.74) is 1.82. The molecule has 7 nitrogen and oxygen atoms in total. The molecule has 0 bridgehead atoms. The molecule has 4 aliphatic rings. The highest BCUT2D eigenvalue weighted by molar-refractivity contribution is 7.42. The Labute approximate surface area is 386 Å². The normalized spacial score (nSPS) is 32.8. The van der Waals surface area contributed by atoms with Crippen LogP contribution in [0, 0.1) is 77.9 Å². The molecule has 4 aliphatic carbocycles. The summed E-state index contributed by atoms with van der Waals surface area (Å²) in [5.74, 6) is 6.77. The van der Waals surface area contributed by atoms with Crippen molar-refractivity contribution in [3.05, 3.63) is 59.2 Å². The first kappa shape index (κ1) is 50.8. The summed E-state index contributed by atoms with van der Waals surface area (Å²) in [5, 5.41) is 0. The summed E-state index contributed by atoms with van der Waals surface area (Å²) < 4.78 is 42.5. The molecule has 0 aromatic heterocycles. The molecule has 0 spiro atoms. The molecule has 2 aromatic rings. The minimum Gasteiger partial charge on any atom is -0.426 e. The highest BCUT2D eigenvalue weighted by atomic mass is 31.2. The summed E-state index contributed by atoms with van der Waals surface area (Å²) >= 11 is 0. The van der Waals surface area contributed by atoms with Crippen molar-refractivity contribution < 1.29 is 31.9 Å². The average Bonchev–Trinajstić information content (AvgIpc) is 3.21. The average molecular weight is 909 g/mol. The number of para-hydroxylation sites is 2. The molecule has 0 radical (unpaired) electrons. The molecule has 6 rings (SSSR count). The van der Waals surface area contributed by atoms with Crippen molar-refractivity contribution in [1.29, 1.82) is 0 Å². The van der Waals surface area contributed by atoms with Gasteiger partial charge >= 0.3 is 17.2 Å². The molecule has 0 heterocycles. The van der Waals surface area contributed by atoms with E-state index in [0.29, 0.717) is 93.6 Å². The van der Waals surface area contributed by atoms with E-state index < -0.39 is 17.2 Å². The third kappa shape index (κ3) is 13.5. The van der Waals surface area contributed by atoms with Crippen LogP contribution in [0.1, 0.15) is 182 Å². The Morgan fingerprint density at radius 3 is 1.21 bits per heavy atom. The third-order valence-electron chi connectivity index (χ3n) is 15.7. The number of aryl methyl sites for hydroxylation is 1. The Hall–Kier alpha value is -1.59. The molecule has 2 aromatic carbocycles. The van der Waals surface area contributed by atoms with E-state index in [0.717, 1.165) is 56.9 Å². The molecule has 0 N–H and O–H groups in total. The van der Waals surface area contributed by atoms with Crippen LogP contribution in [0.25, 0.3) is 0 Å². The molecule has 354 valence electrons. The molecule has 4 fully saturated rings. The van der Waals surface area contributed by atoms with E-state index in [-0.39, 0.29) is 30.2 Å². The number of rotatable bonds is 18. The van der Waals surface area contributed by atoms with Crippen molar-refractivity contribution >= 4 is 23.0 Å². The largest absolute Gasteiger partial charge is 0.426 e. The van der Waals surface area contributed by atoms with Gasteiger partial charge in [-0.15, -0.1) is 0 Å². The van der Waals surface area contributed by atoms with Crippen LogP contribution in [0.2, 0.25) is 0 Å². The molecule has 4 unspecified atom stereocenters. The van der Waals surface area contributed by atoms with E-state index in [4.69, 9.17) is 27.1 Å². The van der Waals surface area contributed by atoms with Crippen molar-refractivity contribution in [2.24, 2.45) is 71.0 Å². The zero-order chi connectivity index (χ0) is 45.5. The van der Waals surface area contributed by atoms with E-state index >= 15 is 4.79 Å². The maximum Gasteiger partial charge on any atom is 0.397 e. The standard InChI is InChI=1S/C54H86O7P2/c1-33(2)42-25-21-37(9)29-49(42)57-62(58-50-30-38(10)22-26-43(50)34(3)4)56-48-20-15-14-18-46(48)53(55)47-19-16-17-41(13)54(47)61-63(59-51-31-39(11)23-27-44(51)35(5)6)60-52-32-40(12)24-28-45(52)36(7)8/h14-20,33-40,42-45,49-52H,21-32H2,1-13H3/t37-,38-,39-,40-,42+,43?,44+,45?,49-,50-,51-,52-,62?,63?/m1/s1. The van der Waals surface area contributed by atoms with Crippen LogP contribution in [0.4, 0.5) is 0 Å². The van der Waals surface area contributed by atoms with Crippen LogP contribution in [0.3, 0.4) is 0 Å². The summed E-state index contributed by atoms with van der Waals surface area (Å²) in [6.07, 6.45) is 13.4. The second-order valence-electron chi connectivity index (χ2n) is 22.3. The zero-order valence-electron chi connectivity index (χ0n) is 41.5. The van der Waals surface area contributed by atoms with Crippen molar-refractivity contribution in [1.82, 2.24) is 0 Å². The second-order valence-corrected chi connectivity index (χ2v) is 24.4. The summed E-state index contributed by atoms with van der Waals surface area (Å²) in [6, 6.07) is 13.5. The molecule has 0 amide bonds. The van der Waals surface area contributed by atoms with Gasteiger partial charge in [0.2, 0.25) is 5.78 Å². The molecule has 63 heavy (non-hydrogen) atoms. The van der Waals surface area contributed by atoms with E-state index in [9.17, 15) is 0 Å². The first-order chi connectivity index (χ1) is 30.0. The van der Waals surface area contributed by atoms with Gasteiger partial charge in [0.15, 0.2) is 0 Å². The fraction of sp³-hybridized carbons (Fsp3) is 0.759. The lowest BCUT2D eigenvalue weighted by Gasteiger charge is -2.41. The maximum atomic E-state index is 15.2. The van der Waals surface area contributed by atoms with Crippen molar-refractivity contribution in [3.63, 3.8) is 0 Å². The van der Waals surface area contributed by atoms with Crippen LogP contribution in [-0.2, 0) is 18.1 Å². The Morgan fingerprint density at radius 2 is 0.825 bits per heavy atom. The van der Waals surface area contributed by atoms with Crippen LogP contribution in [-0.4, -0.2) is 30.2 Å². The Morgan fingerprint density at radius 1 is 0.476 bits per heavy atom. The van der Waals surface area contributed by atoms with Gasteiger partial charge in [-0.25, -0.2) is 0 Å². The fourth-order valence-corrected chi connectivity index (χ4v) is 14.3. The minimum atomic E-state index is -1.84. The van der Waals surface area contributed by atoms with Gasteiger partial charge < -0.3 is 9.05 Å². The molecular formula is C54H86O7P2. The molecular weight excluding hydrogens is 823 g/mol. The highest BCUT2D eigenvalue weighted by Gasteiger charge is 2.42. The second kappa shape index (κ2) is 23.4. The number of benzene rings is 2. The Bertz CT molecular complexity index is 1660. The van der Waals surface area contributed by atoms with Gasteiger partial charge in [-0.1, -0.05) is 133 Å². The van der Waals surface area contributed by atoms with E-state index in [1.165, 1.54) is 25.7 Å². The van der Waals surface area contributed by atoms with Crippen molar-refractivity contribution in [3.8, 4) is 11.5 Å². The van der Waals surface area contributed by atoms with Crippen LogP contribution in [0.15, 0.2) is 42.5 Å². The SMILES string of the molecule is Cc1cccc(C(=O)c2ccccc2OP(O[C@@H]2C[C@H](C)CCC2C(C)C)O[C@@H]2C[C@H](C)CC[C@H]2C(C)C)c1OP(O[C@@H]1C[C@H](C)CCC1C(C)C)O[C@@H]1C[C@H](C)CC[C@H]1C(C)C. The predicted molar refractivity (Wildman–Crippen MR) is 261 cm³/mol. The number of carbonyl (C=O) groups excluding carboxylic acids is 1. The summed E-state index contributed by atoms with van der Waals surface area (Å²) in [4.78, 5) is 15.2. The van der Waals surface area contributed by atoms with E-state index in [1.807, 2.05) is 49.4 Å². The van der Waals surface area contributed by atoms with Crippen LogP contribution >= 0.6 is 17.2 Å². The van der Waals surface area contributed by atoms with E-state index in [1.54, 1.807) is 0 Å². The Kier molecular flexibility index (Phi) is 18.9. The molecule has 0 aliphatic heterocycles. The van der Waals surface area contributed by atoms with Gasteiger partial charge in [-0.3, -0.25) is 22.9 Å². The van der Waals surface area contributed by atoms with Gasteiger partial charge in [0.05, 0.1) is 35.5 Å². The summed E-state index contributed by atoms with van der Waals surface area (Å²) in [7, 11) is -3.67. The number of carbonyl (C=O) groups is 1. The quantitative estimate of drug-likeness (QED) is 0.109. The van der Waals surface area contributed by atoms with Gasteiger partial charge in [-0.2, -0.15) is 0 Å². The van der Waals surface area contributed by atoms with Crippen molar-refractivity contribution in [2.45, 2.75) is 191 Å². The fourth-order valence-electron chi connectivity index (χ4n) is 11.5. The Balaban J connectivity index is 1.33. The predicted octanol–water partition coefficient (Wildman–Crippen LogP) is 16.3. The van der Waals surface area contributed by atoms with Crippen LogP contribution in [0.5, 0.6) is 11.5 Å². The lowest BCUT2D eigenvalue weighted by molar-refractivity contribution is -0.00317. The third-order valence-corrected chi connectivity index (χ3v) is 18.1. The lowest BCUT2D eigenvalue weighted by Crippen LogP contribution is -2.36. The maximum absolute atomic E-state index is 15.2. The van der Waals surface area contributed by atoms with Gasteiger partial charge in [0.1, 0.15) is 11.5 Å². The smallest absolute Gasteiger partial charge is 0.397 e. The van der Waals surface area contributed by atoms with E-state index in [2.05, 4.69) is 83.1 Å². The number of hydrogen-bond donors (Lipinski definition) is 0. The minimum absolute atomic E-state index is 0.0276. The lowest BCUT2D eigenvalue weighted by atomic mass is 9.75. The first-order valence-electron chi connectivity index (χ1n) is 25.3. The molecule has 14 atom stereocenters. The summed E-state index contributed by atoms with van der Waals surface area (Å²) in [6.45, 7) is 29.9. The monoisotopic (exact) mass is 909 g/mol.